The maximum absolute atomic E-state index is 11.6. The van der Waals surface area contributed by atoms with Gasteiger partial charge in [0.25, 0.3) is 0 Å². The van der Waals surface area contributed by atoms with E-state index >= 15 is 0 Å². The van der Waals surface area contributed by atoms with E-state index in [0.29, 0.717) is 19.4 Å². The Bertz CT molecular complexity index is 412. The number of pyridine rings is 1. The summed E-state index contributed by atoms with van der Waals surface area (Å²) in [7, 11) is 0. The number of Topliss-reactive ketones (excluding diaryl/α,β-unsaturated/α-hetero) is 1. The fraction of sp³-hybridized carbons (Fsp3) is 0.533. The van der Waals surface area contributed by atoms with Gasteiger partial charge in [-0.1, -0.05) is 13.0 Å². The molecular weight excluding hydrogens is 242 g/mol. The summed E-state index contributed by atoms with van der Waals surface area (Å²) in [4.78, 5) is 27.0. The molecule has 0 aliphatic rings. The Kier molecular flexibility index (Phi) is 6.79. The monoisotopic (exact) mass is 263 g/mol. The van der Waals surface area contributed by atoms with Crippen LogP contribution in [0.1, 0.15) is 44.4 Å². The zero-order chi connectivity index (χ0) is 14.1. The normalized spacial score (nSPS) is 10.2. The van der Waals surface area contributed by atoms with Gasteiger partial charge in [0, 0.05) is 24.7 Å². The van der Waals surface area contributed by atoms with Crippen molar-refractivity contribution in [3.05, 3.63) is 29.6 Å². The van der Waals surface area contributed by atoms with Crippen LogP contribution in [-0.2, 0) is 27.2 Å². The number of esters is 1. The maximum atomic E-state index is 11.6. The molecule has 104 valence electrons. The number of hydrogen-bond acceptors (Lipinski definition) is 4. The molecule has 1 aromatic heterocycles. The first-order chi connectivity index (χ1) is 9.15. The molecule has 1 aromatic rings. The lowest BCUT2D eigenvalue weighted by Gasteiger charge is -2.03. The van der Waals surface area contributed by atoms with Crippen LogP contribution in [-0.4, -0.2) is 23.3 Å². The van der Waals surface area contributed by atoms with E-state index in [9.17, 15) is 9.59 Å². The zero-order valence-electron chi connectivity index (χ0n) is 11.6. The molecule has 0 N–H and O–H groups in total. The molecule has 1 rings (SSSR count). The third-order valence-corrected chi connectivity index (χ3v) is 2.87. The fourth-order valence-corrected chi connectivity index (χ4v) is 1.68. The number of carbonyl (C=O) groups excluding carboxylic acids is 2. The highest BCUT2D eigenvalue weighted by atomic mass is 16.5. The largest absolute Gasteiger partial charge is 0.466 e. The SMILES string of the molecule is CCOC(=O)CCC(=O)CCc1ccc(CC)cn1. The highest BCUT2D eigenvalue weighted by molar-refractivity contribution is 5.83. The van der Waals surface area contributed by atoms with Gasteiger partial charge < -0.3 is 4.74 Å². The molecule has 19 heavy (non-hydrogen) atoms. The number of nitrogens with zero attached hydrogens (tertiary/aromatic N) is 1. The number of hydrogen-bond donors (Lipinski definition) is 0. The standard InChI is InChI=1S/C15H21NO3/c1-3-12-5-6-13(16-11-12)7-8-14(17)9-10-15(18)19-4-2/h5-6,11H,3-4,7-10H2,1-2H3. The first-order valence-electron chi connectivity index (χ1n) is 6.76. The van der Waals surface area contributed by atoms with Crippen LogP contribution in [0.5, 0.6) is 0 Å². The molecule has 1 heterocycles. The van der Waals surface area contributed by atoms with Gasteiger partial charge in [0.05, 0.1) is 13.0 Å². The summed E-state index contributed by atoms with van der Waals surface area (Å²) in [6.45, 7) is 4.20. The van der Waals surface area contributed by atoms with Gasteiger partial charge in [-0.15, -0.1) is 0 Å². The summed E-state index contributed by atoms with van der Waals surface area (Å²) in [5, 5.41) is 0. The van der Waals surface area contributed by atoms with Crippen molar-refractivity contribution in [1.82, 2.24) is 4.98 Å². The molecule has 0 saturated heterocycles. The average molecular weight is 263 g/mol. The van der Waals surface area contributed by atoms with Crippen molar-refractivity contribution in [2.75, 3.05) is 6.61 Å². The van der Waals surface area contributed by atoms with Gasteiger partial charge in [-0.25, -0.2) is 0 Å². The highest BCUT2D eigenvalue weighted by Gasteiger charge is 2.08. The predicted molar refractivity (Wildman–Crippen MR) is 72.8 cm³/mol. The number of carbonyl (C=O) groups is 2. The second kappa shape index (κ2) is 8.40. The van der Waals surface area contributed by atoms with Gasteiger partial charge in [-0.05, 0) is 31.4 Å². The Hall–Kier alpha value is -1.71. The third-order valence-electron chi connectivity index (χ3n) is 2.87. The highest BCUT2D eigenvalue weighted by Crippen LogP contribution is 2.06. The van der Waals surface area contributed by atoms with Crippen molar-refractivity contribution in [3.8, 4) is 0 Å². The lowest BCUT2D eigenvalue weighted by atomic mass is 10.1. The molecule has 0 aromatic carbocycles. The minimum absolute atomic E-state index is 0.0782. The Morgan fingerprint density at radius 3 is 2.53 bits per heavy atom. The van der Waals surface area contributed by atoms with Crippen LogP contribution in [0.4, 0.5) is 0 Å². The fourth-order valence-electron chi connectivity index (χ4n) is 1.68. The van der Waals surface area contributed by atoms with Gasteiger partial charge in [-0.2, -0.15) is 0 Å². The minimum atomic E-state index is -0.304. The molecule has 4 nitrogen and oxygen atoms in total. The van der Waals surface area contributed by atoms with E-state index in [1.807, 2.05) is 18.3 Å². The van der Waals surface area contributed by atoms with Crippen LogP contribution in [0.15, 0.2) is 18.3 Å². The minimum Gasteiger partial charge on any atom is -0.466 e. The van der Waals surface area contributed by atoms with Gasteiger partial charge >= 0.3 is 5.97 Å². The molecule has 0 aliphatic heterocycles. The summed E-state index contributed by atoms with van der Waals surface area (Å²) in [6.07, 6.45) is 4.30. The van der Waals surface area contributed by atoms with Crippen molar-refractivity contribution in [2.45, 2.75) is 46.0 Å². The Morgan fingerprint density at radius 2 is 1.95 bits per heavy atom. The van der Waals surface area contributed by atoms with Crippen molar-refractivity contribution in [2.24, 2.45) is 0 Å². The molecule has 0 aliphatic carbocycles. The van der Waals surface area contributed by atoms with Crippen LogP contribution in [0, 0.1) is 0 Å². The Balaban J connectivity index is 2.27. The van der Waals surface area contributed by atoms with E-state index in [2.05, 4.69) is 11.9 Å². The van der Waals surface area contributed by atoms with Crippen molar-refractivity contribution in [1.29, 1.82) is 0 Å². The van der Waals surface area contributed by atoms with E-state index < -0.39 is 0 Å². The lowest BCUT2D eigenvalue weighted by molar-refractivity contribution is -0.144. The average Bonchev–Trinajstić information content (AvgIpc) is 2.44. The molecule has 0 atom stereocenters. The van der Waals surface area contributed by atoms with Gasteiger partial charge in [0.1, 0.15) is 5.78 Å². The van der Waals surface area contributed by atoms with Crippen LogP contribution >= 0.6 is 0 Å². The summed E-state index contributed by atoms with van der Waals surface area (Å²) in [5.41, 5.74) is 2.11. The van der Waals surface area contributed by atoms with Crippen LogP contribution in [0.3, 0.4) is 0 Å². The summed E-state index contributed by atoms with van der Waals surface area (Å²) in [6, 6.07) is 3.99. The number of aromatic nitrogens is 1. The number of aryl methyl sites for hydroxylation is 2. The number of rotatable bonds is 8. The van der Waals surface area contributed by atoms with Crippen LogP contribution in [0.25, 0.3) is 0 Å². The molecule has 0 saturated carbocycles. The zero-order valence-corrected chi connectivity index (χ0v) is 11.6. The first kappa shape index (κ1) is 15.3. The molecule has 0 bridgehead atoms. The topological polar surface area (TPSA) is 56.3 Å². The second-order valence-corrected chi connectivity index (χ2v) is 4.36. The molecule has 0 spiro atoms. The molecule has 0 radical (unpaired) electrons. The summed E-state index contributed by atoms with van der Waals surface area (Å²) >= 11 is 0. The van der Waals surface area contributed by atoms with E-state index in [-0.39, 0.29) is 24.6 Å². The maximum Gasteiger partial charge on any atom is 0.306 e. The van der Waals surface area contributed by atoms with E-state index in [4.69, 9.17) is 4.74 Å². The molecule has 0 fully saturated rings. The molecule has 0 unspecified atom stereocenters. The van der Waals surface area contributed by atoms with E-state index in [0.717, 1.165) is 12.1 Å². The Morgan fingerprint density at radius 1 is 1.16 bits per heavy atom. The molecule has 0 amide bonds. The number of ketones is 1. The van der Waals surface area contributed by atoms with Gasteiger partial charge in [0.15, 0.2) is 0 Å². The van der Waals surface area contributed by atoms with Crippen molar-refractivity contribution < 1.29 is 14.3 Å². The Labute approximate surface area is 114 Å². The smallest absolute Gasteiger partial charge is 0.306 e. The van der Waals surface area contributed by atoms with E-state index in [1.165, 1.54) is 5.56 Å². The van der Waals surface area contributed by atoms with E-state index in [1.54, 1.807) is 6.92 Å². The quantitative estimate of drug-likeness (QED) is 0.676. The lowest BCUT2D eigenvalue weighted by Crippen LogP contribution is -2.08. The summed E-state index contributed by atoms with van der Waals surface area (Å²) in [5.74, 6) is -0.226. The van der Waals surface area contributed by atoms with Crippen molar-refractivity contribution >= 4 is 11.8 Å². The molecular formula is C15H21NO3. The van der Waals surface area contributed by atoms with Crippen LogP contribution in [0.2, 0.25) is 0 Å². The van der Waals surface area contributed by atoms with Crippen LogP contribution < -0.4 is 0 Å². The van der Waals surface area contributed by atoms with Gasteiger partial charge in [0.2, 0.25) is 0 Å². The van der Waals surface area contributed by atoms with Crippen molar-refractivity contribution in [3.63, 3.8) is 0 Å². The van der Waals surface area contributed by atoms with Gasteiger partial charge in [-0.3, -0.25) is 14.6 Å². The molecule has 4 heteroatoms. The third kappa shape index (κ3) is 6.13. The first-order valence-corrected chi connectivity index (χ1v) is 6.76. The predicted octanol–water partition coefficient (Wildman–Crippen LogP) is 2.49. The second-order valence-electron chi connectivity index (χ2n) is 4.36. The summed E-state index contributed by atoms with van der Waals surface area (Å²) < 4.78 is 4.78. The number of ether oxygens (including phenoxy) is 1.